The molecule has 1 unspecified atom stereocenters. The number of aryl methyl sites for hydroxylation is 2. The predicted molar refractivity (Wildman–Crippen MR) is 85.9 cm³/mol. The van der Waals surface area contributed by atoms with Gasteiger partial charge in [0.1, 0.15) is 11.5 Å². The van der Waals surface area contributed by atoms with Crippen LogP contribution in [-0.2, 0) is 0 Å². The van der Waals surface area contributed by atoms with Gasteiger partial charge in [0.05, 0.1) is 6.04 Å². The maximum absolute atomic E-state index is 12.5. The maximum Gasteiger partial charge on any atom is 0.317 e. The predicted octanol–water partition coefficient (Wildman–Crippen LogP) is 2.84. The fourth-order valence-corrected chi connectivity index (χ4v) is 3.38. The minimum absolute atomic E-state index is 0.0206. The van der Waals surface area contributed by atoms with Gasteiger partial charge < -0.3 is 14.6 Å². The van der Waals surface area contributed by atoms with Gasteiger partial charge in [-0.15, -0.1) is 0 Å². The topological polar surface area (TPSA) is 48.7 Å². The van der Waals surface area contributed by atoms with Gasteiger partial charge in [0.25, 0.3) is 0 Å². The summed E-state index contributed by atoms with van der Waals surface area (Å²) in [6, 6.07) is 2.83. The van der Waals surface area contributed by atoms with E-state index >= 15 is 0 Å². The molecule has 2 amide bonds. The van der Waals surface area contributed by atoms with Gasteiger partial charge in [-0.1, -0.05) is 0 Å². The molecule has 1 saturated carbocycles. The number of nitrogens with zero attached hydrogens (tertiary/aromatic N) is 2. The first-order valence-electron chi connectivity index (χ1n) is 8.41. The van der Waals surface area contributed by atoms with Crippen LogP contribution in [-0.4, -0.2) is 48.1 Å². The number of nitrogens with one attached hydrogen (secondary N) is 1. The summed E-state index contributed by atoms with van der Waals surface area (Å²) in [5.41, 5.74) is 1.07. The highest BCUT2D eigenvalue weighted by atomic mass is 16.3. The first-order chi connectivity index (χ1) is 10.5. The molecule has 1 saturated heterocycles. The van der Waals surface area contributed by atoms with Crippen molar-refractivity contribution in [2.24, 2.45) is 0 Å². The largest absolute Gasteiger partial charge is 0.466 e. The maximum atomic E-state index is 12.5. The normalized spacial score (nSPS) is 21.5. The molecule has 22 heavy (non-hydrogen) atoms. The highest BCUT2D eigenvalue weighted by Crippen LogP contribution is 2.27. The van der Waals surface area contributed by atoms with E-state index in [2.05, 4.69) is 10.2 Å². The van der Waals surface area contributed by atoms with Gasteiger partial charge in [0.2, 0.25) is 0 Å². The van der Waals surface area contributed by atoms with Crippen LogP contribution in [0.15, 0.2) is 10.5 Å². The summed E-state index contributed by atoms with van der Waals surface area (Å²) in [6.45, 7) is 9.73. The van der Waals surface area contributed by atoms with Crippen molar-refractivity contribution >= 4 is 6.03 Å². The van der Waals surface area contributed by atoms with Crippen LogP contribution >= 0.6 is 0 Å². The highest BCUT2D eigenvalue weighted by molar-refractivity contribution is 5.74. The summed E-state index contributed by atoms with van der Waals surface area (Å²) < 4.78 is 5.56. The summed E-state index contributed by atoms with van der Waals surface area (Å²) >= 11 is 0. The second-order valence-electron chi connectivity index (χ2n) is 6.65. The first-order valence-corrected chi connectivity index (χ1v) is 8.41. The molecule has 1 atom stereocenters. The number of amides is 2. The number of hydrogen-bond donors (Lipinski definition) is 1. The van der Waals surface area contributed by atoms with Crippen molar-refractivity contribution in [3.8, 4) is 0 Å². The molecule has 1 aromatic rings. The van der Waals surface area contributed by atoms with E-state index in [1.54, 1.807) is 0 Å². The molecule has 0 aromatic carbocycles. The van der Waals surface area contributed by atoms with E-state index in [1.165, 1.54) is 12.8 Å². The Morgan fingerprint density at radius 3 is 2.68 bits per heavy atom. The Morgan fingerprint density at radius 1 is 1.27 bits per heavy atom. The number of carbonyl (C=O) groups excluding carboxylic acids is 1. The van der Waals surface area contributed by atoms with Crippen LogP contribution in [0.5, 0.6) is 0 Å². The molecule has 1 aromatic heterocycles. The summed E-state index contributed by atoms with van der Waals surface area (Å²) in [4.78, 5) is 17.0. The lowest BCUT2D eigenvalue weighted by molar-refractivity contribution is 0.194. The monoisotopic (exact) mass is 305 g/mol. The Labute approximate surface area is 132 Å². The van der Waals surface area contributed by atoms with E-state index in [1.807, 2.05) is 31.7 Å². The van der Waals surface area contributed by atoms with Crippen molar-refractivity contribution in [3.05, 3.63) is 23.2 Å². The van der Waals surface area contributed by atoms with Gasteiger partial charge >= 0.3 is 6.03 Å². The lowest BCUT2D eigenvalue weighted by atomic mass is 10.1. The van der Waals surface area contributed by atoms with Crippen LogP contribution in [0.4, 0.5) is 4.79 Å². The quantitative estimate of drug-likeness (QED) is 0.934. The Kier molecular flexibility index (Phi) is 4.43. The van der Waals surface area contributed by atoms with E-state index in [-0.39, 0.29) is 12.1 Å². The molecule has 5 nitrogen and oxygen atoms in total. The van der Waals surface area contributed by atoms with Crippen molar-refractivity contribution in [2.45, 2.75) is 52.1 Å². The molecule has 1 aliphatic heterocycles. The Balaban J connectivity index is 1.55. The molecule has 0 spiro atoms. The lowest BCUT2D eigenvalue weighted by Gasteiger charge is -2.24. The van der Waals surface area contributed by atoms with Crippen molar-refractivity contribution in [2.75, 3.05) is 26.2 Å². The third-order valence-corrected chi connectivity index (χ3v) is 4.77. The van der Waals surface area contributed by atoms with Crippen molar-refractivity contribution < 1.29 is 9.21 Å². The van der Waals surface area contributed by atoms with Crippen LogP contribution in [0.1, 0.15) is 49.3 Å². The Hall–Kier alpha value is -1.49. The summed E-state index contributed by atoms with van der Waals surface area (Å²) in [5, 5.41) is 3.12. The van der Waals surface area contributed by atoms with Crippen molar-refractivity contribution in [3.63, 3.8) is 0 Å². The minimum atomic E-state index is -0.0206. The highest BCUT2D eigenvalue weighted by Gasteiger charge is 2.31. The molecule has 0 bridgehead atoms. The third-order valence-electron chi connectivity index (χ3n) is 4.77. The van der Waals surface area contributed by atoms with Crippen LogP contribution < -0.4 is 5.32 Å². The molecule has 2 heterocycles. The zero-order chi connectivity index (χ0) is 15.7. The van der Waals surface area contributed by atoms with Gasteiger partial charge in [0, 0.05) is 37.8 Å². The number of hydrogen-bond acceptors (Lipinski definition) is 3. The molecule has 0 radical (unpaired) electrons. The summed E-state index contributed by atoms with van der Waals surface area (Å²) in [7, 11) is 0. The minimum Gasteiger partial charge on any atom is -0.466 e. The zero-order valence-electron chi connectivity index (χ0n) is 13.9. The molecule has 122 valence electrons. The van der Waals surface area contributed by atoms with E-state index in [4.69, 9.17) is 4.42 Å². The number of urea groups is 1. The first kappa shape index (κ1) is 15.4. The van der Waals surface area contributed by atoms with Gasteiger partial charge in [-0.05, 0) is 46.1 Å². The summed E-state index contributed by atoms with van der Waals surface area (Å²) in [6.07, 6.45) is 3.74. The second kappa shape index (κ2) is 6.32. The van der Waals surface area contributed by atoms with Crippen molar-refractivity contribution in [1.29, 1.82) is 0 Å². The fourth-order valence-electron chi connectivity index (χ4n) is 3.38. The number of rotatable bonds is 3. The molecule has 1 aliphatic carbocycles. The molecule has 2 fully saturated rings. The van der Waals surface area contributed by atoms with Gasteiger partial charge in [-0.2, -0.15) is 0 Å². The van der Waals surface area contributed by atoms with Gasteiger partial charge in [-0.3, -0.25) is 4.90 Å². The average Bonchev–Trinajstić information content (AvgIpc) is 3.26. The molecular formula is C17H27N3O2. The Bertz CT molecular complexity index is 536. The van der Waals surface area contributed by atoms with Gasteiger partial charge in [0.15, 0.2) is 0 Å². The third kappa shape index (κ3) is 3.46. The Morgan fingerprint density at radius 2 is 2.05 bits per heavy atom. The summed E-state index contributed by atoms with van der Waals surface area (Å²) in [5.74, 6) is 1.78. The van der Waals surface area contributed by atoms with Gasteiger partial charge in [-0.25, -0.2) is 4.79 Å². The molecular weight excluding hydrogens is 278 g/mol. The molecule has 2 aliphatic rings. The standard InChI is InChI=1S/C17H27N3O2/c1-12-11-16(14(3)22-12)13(2)18-17(21)20-8-4-7-19(9-10-20)15-5-6-15/h11,13,15H,4-10H2,1-3H3,(H,18,21). The van der Waals surface area contributed by atoms with E-state index in [0.29, 0.717) is 0 Å². The lowest BCUT2D eigenvalue weighted by Crippen LogP contribution is -2.43. The second-order valence-corrected chi connectivity index (χ2v) is 6.65. The fraction of sp³-hybridized carbons (Fsp3) is 0.706. The van der Waals surface area contributed by atoms with E-state index in [9.17, 15) is 4.79 Å². The average molecular weight is 305 g/mol. The molecule has 1 N–H and O–H groups in total. The van der Waals surface area contributed by atoms with Crippen LogP contribution in [0.3, 0.4) is 0 Å². The van der Waals surface area contributed by atoms with E-state index in [0.717, 1.165) is 55.7 Å². The SMILES string of the molecule is Cc1cc(C(C)NC(=O)N2CCCN(C3CC3)CC2)c(C)o1. The van der Waals surface area contributed by atoms with Crippen LogP contribution in [0.25, 0.3) is 0 Å². The molecule has 3 rings (SSSR count). The smallest absolute Gasteiger partial charge is 0.317 e. The zero-order valence-corrected chi connectivity index (χ0v) is 13.9. The number of carbonyl (C=O) groups is 1. The number of furan rings is 1. The van der Waals surface area contributed by atoms with Crippen LogP contribution in [0.2, 0.25) is 0 Å². The van der Waals surface area contributed by atoms with E-state index < -0.39 is 0 Å². The van der Waals surface area contributed by atoms with Crippen molar-refractivity contribution in [1.82, 2.24) is 15.1 Å². The van der Waals surface area contributed by atoms with Crippen LogP contribution in [0, 0.1) is 13.8 Å². The molecule has 5 heteroatoms.